The van der Waals surface area contributed by atoms with E-state index in [-0.39, 0.29) is 11.4 Å². The van der Waals surface area contributed by atoms with Crippen LogP contribution in [0, 0.1) is 0 Å². The van der Waals surface area contributed by atoms with Crippen LogP contribution in [0.1, 0.15) is 5.56 Å². The van der Waals surface area contributed by atoms with Crippen LogP contribution in [0.25, 0.3) is 0 Å². The van der Waals surface area contributed by atoms with Gasteiger partial charge in [0, 0.05) is 21.1 Å². The van der Waals surface area contributed by atoms with Crippen LogP contribution < -0.4 is 10.1 Å². The van der Waals surface area contributed by atoms with E-state index in [1.54, 1.807) is 66.7 Å². The number of para-hydroxylation sites is 1. The van der Waals surface area contributed by atoms with Crippen LogP contribution in [0.5, 0.6) is 11.5 Å². The summed E-state index contributed by atoms with van der Waals surface area (Å²) in [5, 5.41) is 3.66. The molecule has 4 rings (SSSR count). The lowest BCUT2D eigenvalue weighted by Gasteiger charge is -2.22. The molecule has 0 saturated carbocycles. The predicted octanol–water partition coefficient (Wildman–Crippen LogP) is 7.38. The Kier molecular flexibility index (Phi) is 8.89. The Hall–Kier alpha value is -2.88. The summed E-state index contributed by atoms with van der Waals surface area (Å²) in [4.78, 5) is 13.2. The Morgan fingerprint density at radius 3 is 2.19 bits per heavy atom. The summed E-state index contributed by atoms with van der Waals surface area (Å²) in [7, 11) is -4.02. The van der Waals surface area contributed by atoms with Crippen LogP contribution in [-0.4, -0.2) is 25.2 Å². The molecule has 0 aliphatic heterocycles. The molecule has 0 aliphatic rings. The third-order valence-electron chi connectivity index (χ3n) is 5.23. The van der Waals surface area contributed by atoms with E-state index in [2.05, 4.69) is 21.2 Å². The predicted molar refractivity (Wildman–Crippen MR) is 150 cm³/mol. The van der Waals surface area contributed by atoms with Crippen molar-refractivity contribution in [1.29, 1.82) is 0 Å². The van der Waals surface area contributed by atoms with Crippen LogP contribution >= 0.6 is 39.1 Å². The number of ether oxygens (including phenoxy) is 1. The number of anilines is 1. The van der Waals surface area contributed by atoms with Gasteiger partial charge in [0.1, 0.15) is 5.75 Å². The maximum Gasteiger partial charge on any atom is 0.243 e. The lowest BCUT2D eigenvalue weighted by Crippen LogP contribution is -2.37. The summed E-state index contributed by atoms with van der Waals surface area (Å²) in [6.07, 6.45) is 0. The van der Waals surface area contributed by atoms with Crippen molar-refractivity contribution in [2.75, 3.05) is 11.9 Å². The molecule has 0 atom stereocenters. The Morgan fingerprint density at radius 2 is 1.51 bits per heavy atom. The number of benzene rings is 4. The van der Waals surface area contributed by atoms with Gasteiger partial charge in [-0.25, -0.2) is 8.42 Å². The molecule has 0 aromatic heterocycles. The number of hydrogen-bond donors (Lipinski definition) is 1. The summed E-state index contributed by atoms with van der Waals surface area (Å²) in [5.41, 5.74) is 0.988. The lowest BCUT2D eigenvalue weighted by molar-refractivity contribution is -0.116. The van der Waals surface area contributed by atoms with E-state index < -0.39 is 22.5 Å². The number of carbonyl (C=O) groups is 1. The number of nitrogens with one attached hydrogen (secondary N) is 1. The highest BCUT2D eigenvalue weighted by atomic mass is 79.9. The highest BCUT2D eigenvalue weighted by Crippen LogP contribution is 2.32. The molecule has 0 saturated heterocycles. The minimum absolute atomic E-state index is 0.0358. The molecule has 0 spiro atoms. The molecular weight excluding hydrogens is 599 g/mol. The largest absolute Gasteiger partial charge is 0.455 e. The SMILES string of the molecule is O=C(CN(Cc1ccc(Cl)cc1)S(=O)(=O)c1ccc(Br)cc1)Nc1cc(Cl)ccc1Oc1ccccc1. The normalized spacial score (nSPS) is 11.4. The molecule has 0 aliphatic carbocycles. The smallest absolute Gasteiger partial charge is 0.243 e. The molecule has 0 radical (unpaired) electrons. The van der Waals surface area contributed by atoms with Crippen LogP contribution in [0.2, 0.25) is 10.0 Å². The van der Waals surface area contributed by atoms with Gasteiger partial charge in [0.15, 0.2) is 5.75 Å². The molecular formula is C27H21BrCl2N2O4S. The van der Waals surface area contributed by atoms with E-state index in [9.17, 15) is 13.2 Å². The highest BCUT2D eigenvalue weighted by Gasteiger charge is 2.27. The second-order valence-electron chi connectivity index (χ2n) is 7.96. The monoisotopic (exact) mass is 618 g/mol. The van der Waals surface area contributed by atoms with Gasteiger partial charge in [0.05, 0.1) is 17.1 Å². The fraction of sp³-hybridized carbons (Fsp3) is 0.0741. The number of sulfonamides is 1. The summed E-state index contributed by atoms with van der Waals surface area (Å²) < 4.78 is 34.8. The van der Waals surface area contributed by atoms with Crippen LogP contribution in [-0.2, 0) is 21.4 Å². The number of hydrogen-bond acceptors (Lipinski definition) is 4. The van der Waals surface area contributed by atoms with E-state index in [4.69, 9.17) is 27.9 Å². The minimum atomic E-state index is -4.02. The van der Waals surface area contributed by atoms with E-state index in [1.165, 1.54) is 12.1 Å². The van der Waals surface area contributed by atoms with Crippen LogP contribution in [0.3, 0.4) is 0 Å². The first-order valence-electron chi connectivity index (χ1n) is 11.0. The van der Waals surface area contributed by atoms with E-state index >= 15 is 0 Å². The number of carbonyl (C=O) groups excluding carboxylic acids is 1. The van der Waals surface area contributed by atoms with Gasteiger partial charge in [-0.3, -0.25) is 4.79 Å². The van der Waals surface area contributed by atoms with Crippen molar-refractivity contribution in [1.82, 2.24) is 4.31 Å². The maximum atomic E-state index is 13.5. The first-order chi connectivity index (χ1) is 17.7. The zero-order valence-corrected chi connectivity index (χ0v) is 23.2. The molecule has 0 heterocycles. The number of halogens is 3. The van der Waals surface area contributed by atoms with Gasteiger partial charge < -0.3 is 10.1 Å². The molecule has 0 bridgehead atoms. The molecule has 4 aromatic rings. The first kappa shape index (κ1) is 27.2. The maximum absolute atomic E-state index is 13.5. The van der Waals surface area contributed by atoms with Gasteiger partial charge in [-0.2, -0.15) is 4.31 Å². The third-order valence-corrected chi connectivity index (χ3v) is 8.05. The quantitative estimate of drug-likeness (QED) is 0.212. The third kappa shape index (κ3) is 7.34. The van der Waals surface area contributed by atoms with Gasteiger partial charge in [-0.05, 0) is 72.3 Å². The van der Waals surface area contributed by atoms with Gasteiger partial charge in [0.2, 0.25) is 15.9 Å². The average molecular weight is 620 g/mol. The fourth-order valence-electron chi connectivity index (χ4n) is 3.43. The molecule has 10 heteroatoms. The molecule has 4 aromatic carbocycles. The minimum Gasteiger partial charge on any atom is -0.455 e. The molecule has 6 nitrogen and oxygen atoms in total. The van der Waals surface area contributed by atoms with Crippen molar-refractivity contribution in [3.8, 4) is 11.5 Å². The first-order valence-corrected chi connectivity index (χ1v) is 14.0. The van der Waals surface area contributed by atoms with E-state index in [0.29, 0.717) is 32.8 Å². The number of rotatable bonds is 9. The standard InChI is InChI=1S/C27H21BrCl2N2O4S/c28-20-8-13-24(14-9-20)37(34,35)32(17-19-6-10-21(29)11-7-19)18-27(33)31-25-16-22(30)12-15-26(25)36-23-4-2-1-3-5-23/h1-16H,17-18H2,(H,31,33). The van der Waals surface area contributed by atoms with Crippen molar-refractivity contribution in [3.05, 3.63) is 117 Å². The topological polar surface area (TPSA) is 75.7 Å². The van der Waals surface area contributed by atoms with Gasteiger partial charge >= 0.3 is 0 Å². The van der Waals surface area contributed by atoms with Crippen LogP contribution in [0.15, 0.2) is 106 Å². The fourth-order valence-corrected chi connectivity index (χ4v) is 5.38. The Bertz CT molecular complexity index is 1480. The van der Waals surface area contributed by atoms with E-state index in [1.807, 2.05) is 18.2 Å². The molecule has 1 amide bonds. The molecule has 0 fully saturated rings. The van der Waals surface area contributed by atoms with Crippen molar-refractivity contribution in [3.63, 3.8) is 0 Å². The zero-order valence-electron chi connectivity index (χ0n) is 19.3. The summed E-state index contributed by atoms with van der Waals surface area (Å²) in [5.74, 6) is 0.376. The summed E-state index contributed by atoms with van der Waals surface area (Å²) in [6.45, 7) is -0.482. The Labute approximate surface area is 234 Å². The number of nitrogens with zero attached hydrogens (tertiary/aromatic N) is 1. The zero-order chi connectivity index (χ0) is 26.4. The second-order valence-corrected chi connectivity index (χ2v) is 11.7. The van der Waals surface area contributed by atoms with Crippen molar-refractivity contribution in [2.24, 2.45) is 0 Å². The summed E-state index contributed by atoms with van der Waals surface area (Å²) >= 11 is 15.5. The number of amides is 1. The van der Waals surface area contributed by atoms with E-state index in [0.717, 1.165) is 8.78 Å². The van der Waals surface area contributed by atoms with Crippen LogP contribution in [0.4, 0.5) is 5.69 Å². The summed E-state index contributed by atoms with van der Waals surface area (Å²) in [6, 6.07) is 26.9. The van der Waals surface area contributed by atoms with Crippen molar-refractivity contribution in [2.45, 2.75) is 11.4 Å². The molecule has 0 unspecified atom stereocenters. The van der Waals surface area contributed by atoms with Crippen molar-refractivity contribution < 1.29 is 17.9 Å². The van der Waals surface area contributed by atoms with Gasteiger partial charge in [-0.15, -0.1) is 0 Å². The second kappa shape index (κ2) is 12.1. The van der Waals surface area contributed by atoms with Crippen molar-refractivity contribution >= 4 is 60.7 Å². The Morgan fingerprint density at radius 1 is 0.865 bits per heavy atom. The Balaban J connectivity index is 1.60. The highest BCUT2D eigenvalue weighted by molar-refractivity contribution is 9.10. The molecule has 37 heavy (non-hydrogen) atoms. The lowest BCUT2D eigenvalue weighted by atomic mass is 10.2. The molecule has 190 valence electrons. The molecule has 1 N–H and O–H groups in total. The average Bonchev–Trinajstić information content (AvgIpc) is 2.87. The van der Waals surface area contributed by atoms with Gasteiger partial charge in [-0.1, -0.05) is 69.5 Å². The van der Waals surface area contributed by atoms with Gasteiger partial charge in [0.25, 0.3) is 0 Å².